The van der Waals surface area contributed by atoms with Gasteiger partial charge in [0.25, 0.3) is 0 Å². The highest BCUT2D eigenvalue weighted by Crippen LogP contribution is 2.47. The van der Waals surface area contributed by atoms with Crippen LogP contribution in [-0.2, 0) is 0 Å². The summed E-state index contributed by atoms with van der Waals surface area (Å²) in [5.74, 6) is 1.07. The van der Waals surface area contributed by atoms with E-state index in [2.05, 4.69) is 12.1 Å². The van der Waals surface area contributed by atoms with Crippen LogP contribution < -0.4 is 9.64 Å². The highest BCUT2D eigenvalue weighted by Gasteiger charge is 2.38. The molecular formula is C17H17NO2. The van der Waals surface area contributed by atoms with E-state index in [1.807, 2.05) is 54.3 Å². The Balaban J connectivity index is 2.05. The number of para-hydroxylation sites is 2. The van der Waals surface area contributed by atoms with Gasteiger partial charge in [-0.25, -0.2) is 0 Å². The summed E-state index contributed by atoms with van der Waals surface area (Å²) in [6.45, 7) is 1.96. The van der Waals surface area contributed by atoms with Crippen molar-refractivity contribution < 1.29 is 9.84 Å². The molecule has 3 heteroatoms. The third-order valence-corrected chi connectivity index (χ3v) is 3.71. The van der Waals surface area contributed by atoms with Gasteiger partial charge >= 0.3 is 0 Å². The van der Waals surface area contributed by atoms with Crippen LogP contribution in [-0.4, -0.2) is 12.2 Å². The number of rotatable bonds is 3. The highest BCUT2D eigenvalue weighted by atomic mass is 16.5. The van der Waals surface area contributed by atoms with Crippen LogP contribution in [0, 0.1) is 0 Å². The van der Waals surface area contributed by atoms with Crippen molar-refractivity contribution in [3.05, 3.63) is 71.6 Å². The lowest BCUT2D eigenvalue weighted by Gasteiger charge is -2.43. The van der Waals surface area contributed by atoms with Crippen molar-refractivity contribution >= 4 is 5.69 Å². The maximum atomic E-state index is 10.2. The molecule has 3 nitrogen and oxygen atoms in total. The van der Waals surface area contributed by atoms with Crippen LogP contribution in [0.4, 0.5) is 5.69 Å². The number of benzene rings is 2. The van der Waals surface area contributed by atoms with E-state index in [9.17, 15) is 5.11 Å². The van der Waals surface area contributed by atoms with E-state index in [-0.39, 0.29) is 6.04 Å². The van der Waals surface area contributed by atoms with Gasteiger partial charge in [0.1, 0.15) is 5.75 Å². The number of nitrogens with zero attached hydrogens (tertiary/aromatic N) is 1. The molecule has 1 N–H and O–H groups in total. The molecule has 0 spiro atoms. The summed E-state index contributed by atoms with van der Waals surface area (Å²) in [4.78, 5) is 1.91. The van der Waals surface area contributed by atoms with Crippen molar-refractivity contribution in [1.82, 2.24) is 0 Å². The van der Waals surface area contributed by atoms with E-state index in [1.165, 1.54) is 0 Å². The van der Waals surface area contributed by atoms with E-state index < -0.39 is 0 Å². The average Bonchev–Trinajstić information content (AvgIpc) is 2.52. The molecule has 3 rings (SSSR count). The summed E-state index contributed by atoms with van der Waals surface area (Å²) >= 11 is 0. The van der Waals surface area contributed by atoms with E-state index in [4.69, 9.17) is 4.74 Å². The number of methoxy groups -OCH3 is 1. The Kier molecular flexibility index (Phi) is 3.11. The first-order chi connectivity index (χ1) is 9.74. The van der Waals surface area contributed by atoms with Gasteiger partial charge in [-0.3, -0.25) is 4.90 Å². The van der Waals surface area contributed by atoms with Crippen LogP contribution in [0.15, 0.2) is 66.1 Å². The minimum atomic E-state index is 0.0625. The van der Waals surface area contributed by atoms with Crippen molar-refractivity contribution in [2.75, 3.05) is 12.0 Å². The van der Waals surface area contributed by atoms with Crippen molar-refractivity contribution in [2.45, 2.75) is 13.0 Å². The molecule has 1 aliphatic heterocycles. The molecule has 0 bridgehead atoms. The SMILES string of the molecule is COc1ccccc1N1C(O)=C(C)C1c1ccccc1. The summed E-state index contributed by atoms with van der Waals surface area (Å²) in [7, 11) is 1.64. The highest BCUT2D eigenvalue weighted by molar-refractivity contribution is 5.68. The zero-order valence-electron chi connectivity index (χ0n) is 11.6. The smallest absolute Gasteiger partial charge is 0.193 e. The Bertz CT molecular complexity index is 649. The van der Waals surface area contributed by atoms with Crippen LogP contribution in [0.2, 0.25) is 0 Å². The van der Waals surface area contributed by atoms with Crippen molar-refractivity contribution in [2.24, 2.45) is 0 Å². The average molecular weight is 267 g/mol. The monoisotopic (exact) mass is 267 g/mol. The molecule has 0 fully saturated rings. The first-order valence-corrected chi connectivity index (χ1v) is 6.61. The first-order valence-electron chi connectivity index (χ1n) is 6.61. The van der Waals surface area contributed by atoms with Gasteiger partial charge in [-0.15, -0.1) is 0 Å². The van der Waals surface area contributed by atoms with Crippen molar-refractivity contribution in [3.63, 3.8) is 0 Å². The number of hydrogen-bond donors (Lipinski definition) is 1. The van der Waals surface area contributed by atoms with E-state index in [0.717, 1.165) is 22.6 Å². The molecule has 0 saturated heterocycles. The van der Waals surface area contributed by atoms with Gasteiger partial charge in [0, 0.05) is 5.57 Å². The molecule has 0 radical (unpaired) electrons. The predicted octanol–water partition coefficient (Wildman–Crippen LogP) is 4.05. The van der Waals surface area contributed by atoms with Crippen molar-refractivity contribution in [3.8, 4) is 5.75 Å². The van der Waals surface area contributed by atoms with Gasteiger partial charge < -0.3 is 9.84 Å². The molecule has 1 unspecified atom stereocenters. The molecule has 1 aliphatic rings. The predicted molar refractivity (Wildman–Crippen MR) is 80.0 cm³/mol. The van der Waals surface area contributed by atoms with Crippen LogP contribution in [0.5, 0.6) is 5.75 Å². The number of hydrogen-bond acceptors (Lipinski definition) is 3. The molecule has 0 saturated carbocycles. The van der Waals surface area contributed by atoms with E-state index in [0.29, 0.717) is 5.88 Å². The van der Waals surface area contributed by atoms with Crippen LogP contribution >= 0.6 is 0 Å². The van der Waals surface area contributed by atoms with E-state index >= 15 is 0 Å². The third-order valence-electron chi connectivity index (χ3n) is 3.71. The second kappa shape index (κ2) is 4.93. The maximum absolute atomic E-state index is 10.2. The molecule has 1 heterocycles. The van der Waals surface area contributed by atoms with Crippen LogP contribution in [0.1, 0.15) is 18.5 Å². The van der Waals surface area contributed by atoms with Crippen LogP contribution in [0.3, 0.4) is 0 Å². The molecule has 0 aromatic heterocycles. The Morgan fingerprint density at radius 1 is 1.00 bits per heavy atom. The van der Waals surface area contributed by atoms with Gasteiger partial charge in [0.2, 0.25) is 0 Å². The summed E-state index contributed by atoms with van der Waals surface area (Å²) in [5, 5.41) is 10.2. The largest absolute Gasteiger partial charge is 0.495 e. The standard InChI is InChI=1S/C17H17NO2/c1-12-16(13-8-4-3-5-9-13)18(17(12)19)14-10-6-7-11-15(14)20-2/h3-11,16,19H,1-2H3. The zero-order chi connectivity index (χ0) is 14.1. The number of anilines is 1. The second-order valence-corrected chi connectivity index (χ2v) is 4.86. The fourth-order valence-electron chi connectivity index (χ4n) is 2.68. The minimum absolute atomic E-state index is 0.0625. The molecule has 0 amide bonds. The van der Waals surface area contributed by atoms with Gasteiger partial charge in [-0.05, 0) is 24.6 Å². The molecular weight excluding hydrogens is 250 g/mol. The lowest BCUT2D eigenvalue weighted by molar-refractivity contribution is 0.331. The topological polar surface area (TPSA) is 32.7 Å². The molecule has 20 heavy (non-hydrogen) atoms. The van der Waals surface area contributed by atoms with Crippen molar-refractivity contribution in [1.29, 1.82) is 0 Å². The first kappa shape index (κ1) is 12.6. The van der Waals surface area contributed by atoms with Gasteiger partial charge in [-0.1, -0.05) is 42.5 Å². The maximum Gasteiger partial charge on any atom is 0.193 e. The third kappa shape index (κ3) is 1.83. The normalized spacial score (nSPS) is 17.9. The molecule has 1 atom stereocenters. The molecule has 2 aromatic carbocycles. The second-order valence-electron chi connectivity index (χ2n) is 4.86. The summed E-state index contributed by atoms with van der Waals surface area (Å²) < 4.78 is 5.39. The minimum Gasteiger partial charge on any atom is -0.495 e. The fourth-order valence-corrected chi connectivity index (χ4v) is 2.68. The molecule has 2 aromatic rings. The van der Waals surface area contributed by atoms with E-state index in [1.54, 1.807) is 7.11 Å². The lowest BCUT2D eigenvalue weighted by atomic mass is 9.91. The van der Waals surface area contributed by atoms with Crippen LogP contribution in [0.25, 0.3) is 0 Å². The fraction of sp³-hybridized carbons (Fsp3) is 0.176. The zero-order valence-corrected chi connectivity index (χ0v) is 11.6. The number of aliphatic hydroxyl groups excluding tert-OH is 1. The van der Waals surface area contributed by atoms with Gasteiger partial charge in [-0.2, -0.15) is 0 Å². The van der Waals surface area contributed by atoms with Gasteiger partial charge in [0.15, 0.2) is 5.88 Å². The quantitative estimate of drug-likeness (QED) is 0.910. The Morgan fingerprint density at radius 2 is 1.65 bits per heavy atom. The summed E-state index contributed by atoms with van der Waals surface area (Å²) in [5.41, 5.74) is 3.02. The number of aliphatic hydroxyl groups is 1. The van der Waals surface area contributed by atoms with Gasteiger partial charge in [0.05, 0.1) is 18.8 Å². The Hall–Kier alpha value is -2.42. The molecule has 0 aliphatic carbocycles. The Labute approximate surface area is 118 Å². The molecule has 102 valence electrons. The summed E-state index contributed by atoms with van der Waals surface area (Å²) in [6.07, 6.45) is 0. The number of ether oxygens (including phenoxy) is 1. The summed E-state index contributed by atoms with van der Waals surface area (Å²) in [6, 6.07) is 18.0. The lowest BCUT2D eigenvalue weighted by Crippen LogP contribution is -2.39. The Morgan fingerprint density at radius 3 is 2.35 bits per heavy atom.